The fourth-order valence-electron chi connectivity index (χ4n) is 13.1. The minimum atomic E-state index is -4.97. The van der Waals surface area contributed by atoms with Gasteiger partial charge in [-0.05, 0) is 49.4 Å². The van der Waals surface area contributed by atoms with Crippen molar-refractivity contribution in [1.82, 2.24) is 0 Å². The normalized spacial score (nSPS) is 14.2. The second kappa shape index (κ2) is 73.8. The highest BCUT2D eigenvalue weighted by Gasteiger charge is 2.30. The van der Waals surface area contributed by atoms with E-state index in [0.29, 0.717) is 25.7 Å². The monoisotopic (exact) mass is 1520 g/mol. The van der Waals surface area contributed by atoms with Crippen LogP contribution < -0.4 is 0 Å². The fourth-order valence-corrected chi connectivity index (χ4v) is 14.7. The number of hydrogen-bond donors (Lipinski definition) is 3. The molecule has 6 atom stereocenters. The first-order chi connectivity index (χ1) is 50.1. The Morgan fingerprint density at radius 2 is 0.462 bits per heavy atom. The van der Waals surface area contributed by atoms with Crippen LogP contribution >= 0.6 is 15.6 Å². The van der Waals surface area contributed by atoms with Gasteiger partial charge in [-0.3, -0.25) is 37.3 Å². The Balaban J connectivity index is 5.23. The molecule has 104 heavy (non-hydrogen) atoms. The molecule has 0 aromatic rings. The molecule has 0 bridgehead atoms. The van der Waals surface area contributed by atoms with Crippen LogP contribution in [0.15, 0.2) is 0 Å². The lowest BCUT2D eigenvalue weighted by molar-refractivity contribution is -0.161. The van der Waals surface area contributed by atoms with Crippen molar-refractivity contribution in [3.63, 3.8) is 0 Å². The third-order valence-corrected chi connectivity index (χ3v) is 22.1. The molecule has 3 unspecified atom stereocenters. The number of carbonyl (C=O) groups is 4. The molecule has 0 aliphatic carbocycles. The Hall–Kier alpha value is -1.94. The van der Waals surface area contributed by atoms with Gasteiger partial charge >= 0.3 is 39.5 Å². The van der Waals surface area contributed by atoms with E-state index in [1.165, 1.54) is 238 Å². The summed E-state index contributed by atoms with van der Waals surface area (Å²) in [6, 6.07) is 0. The number of carbonyl (C=O) groups excluding carboxylic acids is 4. The molecule has 618 valence electrons. The summed E-state index contributed by atoms with van der Waals surface area (Å²) in [5.41, 5.74) is 0. The second-order valence-electron chi connectivity index (χ2n) is 32.2. The number of phosphoric ester groups is 2. The number of esters is 4. The topological polar surface area (TPSA) is 237 Å². The molecule has 0 aromatic heterocycles. The molecule has 0 amide bonds. The van der Waals surface area contributed by atoms with Gasteiger partial charge in [0.15, 0.2) is 12.2 Å². The predicted octanol–water partition coefficient (Wildman–Crippen LogP) is 25.6. The highest BCUT2D eigenvalue weighted by Crippen LogP contribution is 2.45. The van der Waals surface area contributed by atoms with Gasteiger partial charge in [0.1, 0.15) is 19.3 Å². The molecule has 0 aromatic carbocycles. The smallest absolute Gasteiger partial charge is 0.462 e. The van der Waals surface area contributed by atoms with E-state index in [4.69, 9.17) is 37.0 Å². The summed E-state index contributed by atoms with van der Waals surface area (Å²) >= 11 is 0. The minimum Gasteiger partial charge on any atom is -0.462 e. The highest BCUT2D eigenvalue weighted by atomic mass is 31.2. The summed E-state index contributed by atoms with van der Waals surface area (Å²) in [5, 5.41) is 10.7. The molecule has 0 saturated carbocycles. The molecule has 0 aliphatic heterocycles. The molecule has 0 aliphatic rings. The number of aliphatic hydroxyl groups is 1. The number of unbranched alkanes of at least 4 members (excludes halogenated alkanes) is 47. The molecule has 0 fully saturated rings. The average Bonchev–Trinajstić information content (AvgIpc) is 0.906. The maximum absolute atomic E-state index is 13.1. The Labute approximate surface area is 638 Å². The molecule has 0 heterocycles. The third kappa shape index (κ3) is 76.8. The first kappa shape index (κ1) is 102. The zero-order chi connectivity index (χ0) is 76.7. The predicted molar refractivity (Wildman–Crippen MR) is 428 cm³/mol. The molecular formula is C85H166O17P2. The Morgan fingerprint density at radius 1 is 0.269 bits per heavy atom. The van der Waals surface area contributed by atoms with E-state index in [0.717, 1.165) is 120 Å². The number of hydrogen-bond acceptors (Lipinski definition) is 15. The molecule has 0 rings (SSSR count). The van der Waals surface area contributed by atoms with Crippen LogP contribution in [0, 0.1) is 23.7 Å². The van der Waals surface area contributed by atoms with E-state index in [2.05, 4.69) is 55.4 Å². The standard InChI is InChI=1S/C85H166O17P2/c1-9-78(8)64-56-48-43-44-50-58-66-83(88)96-72-81(102-85(90)67-59-51-41-35-29-23-17-13-11-15-20-26-32-38-46-54-62-76(4)5)74-100-104(93,94)98-70-79(86)69-97-103(91,92)99-73-80(101-84(89)68-60-52-42-36-30-24-18-21-27-33-39-47-55-63-77(6)7)71-95-82(87)65-57-49-40-34-28-22-16-12-10-14-19-25-31-37-45-53-61-75(2)3/h75-81,86H,9-74H2,1-8H3,(H,91,92)(H,93,94)/t78?,79-,80-,81-/m1/s1. The molecule has 17 nitrogen and oxygen atoms in total. The highest BCUT2D eigenvalue weighted by molar-refractivity contribution is 7.47. The minimum absolute atomic E-state index is 0.107. The SMILES string of the molecule is CCC(C)CCCCCCCCC(=O)OC[C@H](COP(=O)(O)OC[C@H](O)COP(=O)(O)OC[C@@H](COC(=O)CCCCCCCCCCCCCCCCCCC(C)C)OC(=O)CCCCCCCCCCCCCCCC(C)C)OC(=O)CCCCCCCCCCCCCCCCCCC(C)C. The van der Waals surface area contributed by atoms with E-state index in [9.17, 15) is 43.2 Å². The van der Waals surface area contributed by atoms with Gasteiger partial charge in [-0.1, -0.05) is 389 Å². The summed E-state index contributed by atoms with van der Waals surface area (Å²) in [7, 11) is -9.93. The van der Waals surface area contributed by atoms with Crippen LogP contribution in [-0.4, -0.2) is 96.7 Å². The van der Waals surface area contributed by atoms with Gasteiger partial charge in [0.25, 0.3) is 0 Å². The second-order valence-corrected chi connectivity index (χ2v) is 35.2. The summed E-state index contributed by atoms with van der Waals surface area (Å²) in [6.07, 6.45) is 62.5. The van der Waals surface area contributed by atoms with Crippen molar-refractivity contribution < 1.29 is 80.2 Å². The van der Waals surface area contributed by atoms with Crippen molar-refractivity contribution in [2.45, 2.75) is 459 Å². The van der Waals surface area contributed by atoms with E-state index in [1.54, 1.807) is 0 Å². The average molecular weight is 1520 g/mol. The van der Waals surface area contributed by atoms with Gasteiger partial charge < -0.3 is 33.8 Å². The van der Waals surface area contributed by atoms with Crippen LogP contribution in [0.4, 0.5) is 0 Å². The first-order valence-electron chi connectivity index (χ1n) is 43.7. The van der Waals surface area contributed by atoms with Crippen molar-refractivity contribution in [2.75, 3.05) is 39.6 Å². The maximum atomic E-state index is 13.1. The Kier molecular flexibility index (Phi) is 72.5. The van der Waals surface area contributed by atoms with Gasteiger partial charge in [0.2, 0.25) is 0 Å². The van der Waals surface area contributed by atoms with Crippen LogP contribution in [-0.2, 0) is 65.4 Å². The zero-order valence-corrected chi connectivity index (χ0v) is 70.5. The van der Waals surface area contributed by atoms with Crippen LogP contribution in [0.5, 0.6) is 0 Å². The van der Waals surface area contributed by atoms with E-state index < -0.39 is 97.5 Å². The third-order valence-electron chi connectivity index (χ3n) is 20.2. The molecule has 0 saturated heterocycles. The molecule has 0 radical (unpaired) electrons. The number of aliphatic hydroxyl groups excluding tert-OH is 1. The van der Waals surface area contributed by atoms with Crippen molar-refractivity contribution in [1.29, 1.82) is 0 Å². The molecule has 3 N–H and O–H groups in total. The van der Waals surface area contributed by atoms with E-state index >= 15 is 0 Å². The van der Waals surface area contributed by atoms with Crippen LogP contribution in [0.25, 0.3) is 0 Å². The van der Waals surface area contributed by atoms with Crippen LogP contribution in [0.3, 0.4) is 0 Å². The van der Waals surface area contributed by atoms with Crippen LogP contribution in [0.1, 0.15) is 441 Å². The van der Waals surface area contributed by atoms with E-state index in [1.807, 2.05) is 0 Å². The zero-order valence-electron chi connectivity index (χ0n) is 68.7. The van der Waals surface area contributed by atoms with E-state index in [-0.39, 0.29) is 25.7 Å². The molecular weight excluding hydrogens is 1350 g/mol. The summed E-state index contributed by atoms with van der Waals surface area (Å²) < 4.78 is 68.9. The van der Waals surface area contributed by atoms with Crippen LogP contribution in [0.2, 0.25) is 0 Å². The van der Waals surface area contributed by atoms with Crippen molar-refractivity contribution >= 4 is 39.5 Å². The lowest BCUT2D eigenvalue weighted by atomic mass is 10.00. The Morgan fingerprint density at radius 3 is 0.683 bits per heavy atom. The first-order valence-corrected chi connectivity index (χ1v) is 46.7. The Bertz CT molecular complexity index is 2030. The largest absolute Gasteiger partial charge is 0.472 e. The van der Waals surface area contributed by atoms with Gasteiger partial charge in [0.05, 0.1) is 26.4 Å². The van der Waals surface area contributed by atoms with Crippen molar-refractivity contribution in [3.05, 3.63) is 0 Å². The number of rotatable bonds is 82. The molecule has 0 spiro atoms. The van der Waals surface area contributed by atoms with Gasteiger partial charge in [0, 0.05) is 25.7 Å². The summed E-state index contributed by atoms with van der Waals surface area (Å²) in [4.78, 5) is 73.2. The number of ether oxygens (including phenoxy) is 4. The van der Waals surface area contributed by atoms with Gasteiger partial charge in [-0.25, -0.2) is 9.13 Å². The van der Waals surface area contributed by atoms with Crippen molar-refractivity contribution in [3.8, 4) is 0 Å². The maximum Gasteiger partial charge on any atom is 0.472 e. The lowest BCUT2D eigenvalue weighted by Gasteiger charge is -2.21. The summed E-state index contributed by atoms with van der Waals surface area (Å²) in [6.45, 7) is 14.3. The quantitative estimate of drug-likeness (QED) is 0.0222. The molecule has 19 heteroatoms. The summed E-state index contributed by atoms with van der Waals surface area (Å²) in [5.74, 6) is 1.03. The lowest BCUT2D eigenvalue weighted by Crippen LogP contribution is -2.30. The fraction of sp³-hybridized carbons (Fsp3) is 0.953. The van der Waals surface area contributed by atoms with Gasteiger partial charge in [-0.15, -0.1) is 0 Å². The number of phosphoric acid groups is 2. The van der Waals surface area contributed by atoms with Gasteiger partial charge in [-0.2, -0.15) is 0 Å². The van der Waals surface area contributed by atoms with Crippen molar-refractivity contribution in [2.24, 2.45) is 23.7 Å².